The first-order valence-corrected chi connectivity index (χ1v) is 6.10. The average Bonchev–Trinajstić information content (AvgIpc) is 2.33. The molecule has 0 heterocycles. The van der Waals surface area contributed by atoms with E-state index in [1.54, 1.807) is 12.1 Å². The molecule has 1 aliphatic carbocycles. The third kappa shape index (κ3) is 2.65. The van der Waals surface area contributed by atoms with Gasteiger partial charge in [0.25, 0.3) is 0 Å². The van der Waals surface area contributed by atoms with Crippen molar-refractivity contribution in [3.05, 3.63) is 35.6 Å². The van der Waals surface area contributed by atoms with Gasteiger partial charge >= 0.3 is 5.97 Å². The van der Waals surface area contributed by atoms with Crippen LogP contribution in [0.5, 0.6) is 0 Å². The maximum absolute atomic E-state index is 12.8. The molecule has 1 N–H and O–H groups in total. The smallest absolute Gasteiger partial charge is 0.309 e. The number of hydrogen-bond donors (Lipinski definition) is 1. The van der Waals surface area contributed by atoms with E-state index in [4.69, 9.17) is 0 Å². The molecule has 0 radical (unpaired) electrons. The van der Waals surface area contributed by atoms with Crippen LogP contribution in [0, 0.1) is 11.2 Å². The standard InChI is InChI=1S/C14H17FO2/c15-12-6-4-11(5-7-12)10-14(13(16)17)8-2-1-3-9-14/h4-7H,1-3,8-10H2,(H,16,17). The molecule has 17 heavy (non-hydrogen) atoms. The largest absolute Gasteiger partial charge is 0.481 e. The molecule has 0 spiro atoms. The third-order valence-electron chi connectivity index (χ3n) is 3.72. The van der Waals surface area contributed by atoms with E-state index in [0.717, 1.165) is 37.7 Å². The molecular formula is C14H17FO2. The Morgan fingerprint density at radius 1 is 1.18 bits per heavy atom. The predicted octanol–water partition coefficient (Wildman–Crippen LogP) is 3.40. The second-order valence-electron chi connectivity index (χ2n) is 4.95. The van der Waals surface area contributed by atoms with E-state index in [2.05, 4.69) is 0 Å². The van der Waals surface area contributed by atoms with E-state index in [1.807, 2.05) is 0 Å². The number of carboxylic acid groups (broad SMARTS) is 1. The summed E-state index contributed by atoms with van der Waals surface area (Å²) >= 11 is 0. The van der Waals surface area contributed by atoms with Crippen molar-refractivity contribution in [2.24, 2.45) is 5.41 Å². The minimum Gasteiger partial charge on any atom is -0.481 e. The number of halogens is 1. The molecule has 92 valence electrons. The Morgan fingerprint density at radius 2 is 1.76 bits per heavy atom. The molecule has 2 nitrogen and oxygen atoms in total. The van der Waals surface area contributed by atoms with Crippen LogP contribution in [-0.4, -0.2) is 11.1 Å². The first kappa shape index (κ1) is 12.1. The zero-order valence-electron chi connectivity index (χ0n) is 9.79. The lowest BCUT2D eigenvalue weighted by molar-refractivity contribution is -0.151. The van der Waals surface area contributed by atoms with Crippen molar-refractivity contribution in [1.82, 2.24) is 0 Å². The van der Waals surface area contributed by atoms with E-state index >= 15 is 0 Å². The second-order valence-corrected chi connectivity index (χ2v) is 4.95. The van der Waals surface area contributed by atoms with Gasteiger partial charge in [0.05, 0.1) is 5.41 Å². The highest BCUT2D eigenvalue weighted by Gasteiger charge is 2.39. The van der Waals surface area contributed by atoms with Crippen LogP contribution in [0.3, 0.4) is 0 Å². The monoisotopic (exact) mass is 236 g/mol. The van der Waals surface area contributed by atoms with Gasteiger partial charge in [0.15, 0.2) is 0 Å². The van der Waals surface area contributed by atoms with Crippen molar-refractivity contribution in [2.75, 3.05) is 0 Å². The number of aliphatic carboxylic acids is 1. The maximum Gasteiger partial charge on any atom is 0.309 e. The molecule has 3 heteroatoms. The molecular weight excluding hydrogens is 219 g/mol. The normalized spacial score (nSPS) is 18.9. The van der Waals surface area contributed by atoms with Gasteiger partial charge in [-0.2, -0.15) is 0 Å². The highest BCUT2D eigenvalue weighted by atomic mass is 19.1. The highest BCUT2D eigenvalue weighted by molar-refractivity contribution is 5.75. The van der Waals surface area contributed by atoms with Crippen LogP contribution in [0.2, 0.25) is 0 Å². The molecule has 1 aliphatic rings. The van der Waals surface area contributed by atoms with Gasteiger partial charge in [-0.3, -0.25) is 4.79 Å². The molecule has 0 bridgehead atoms. The van der Waals surface area contributed by atoms with Gasteiger partial charge in [-0.25, -0.2) is 4.39 Å². The Labute approximate surface area is 100 Å². The van der Waals surface area contributed by atoms with E-state index in [0.29, 0.717) is 6.42 Å². The summed E-state index contributed by atoms with van der Waals surface area (Å²) in [5.41, 5.74) is 0.284. The van der Waals surface area contributed by atoms with E-state index < -0.39 is 11.4 Å². The number of carboxylic acids is 1. The van der Waals surface area contributed by atoms with Crippen molar-refractivity contribution < 1.29 is 14.3 Å². The number of rotatable bonds is 3. The molecule has 2 rings (SSSR count). The molecule has 1 aromatic carbocycles. The summed E-state index contributed by atoms with van der Waals surface area (Å²) in [5.74, 6) is -0.983. The van der Waals surface area contributed by atoms with Crippen LogP contribution in [0.25, 0.3) is 0 Å². The van der Waals surface area contributed by atoms with Crippen molar-refractivity contribution in [2.45, 2.75) is 38.5 Å². The number of hydrogen-bond acceptors (Lipinski definition) is 1. The summed E-state index contributed by atoms with van der Waals surface area (Å²) in [4.78, 5) is 11.5. The molecule has 0 amide bonds. The minimum absolute atomic E-state index is 0.276. The summed E-state index contributed by atoms with van der Waals surface area (Å²) in [6.45, 7) is 0. The average molecular weight is 236 g/mol. The van der Waals surface area contributed by atoms with Crippen LogP contribution >= 0.6 is 0 Å². The fourth-order valence-electron chi connectivity index (χ4n) is 2.69. The second kappa shape index (κ2) is 4.86. The van der Waals surface area contributed by atoms with Gasteiger partial charge in [-0.05, 0) is 37.0 Å². The number of benzene rings is 1. The van der Waals surface area contributed by atoms with Gasteiger partial charge in [0, 0.05) is 0 Å². The molecule has 0 aromatic heterocycles. The van der Waals surface area contributed by atoms with Crippen molar-refractivity contribution in [1.29, 1.82) is 0 Å². The van der Waals surface area contributed by atoms with Gasteiger partial charge in [0.2, 0.25) is 0 Å². The SMILES string of the molecule is O=C(O)C1(Cc2ccc(F)cc2)CCCCC1. The lowest BCUT2D eigenvalue weighted by Crippen LogP contribution is -2.35. The molecule has 1 aromatic rings. The summed E-state index contributed by atoms with van der Waals surface area (Å²) in [5, 5.41) is 9.43. The molecule has 0 aliphatic heterocycles. The summed E-state index contributed by atoms with van der Waals surface area (Å²) in [6.07, 6.45) is 5.07. The first-order valence-electron chi connectivity index (χ1n) is 6.10. The third-order valence-corrected chi connectivity index (χ3v) is 3.72. The first-order chi connectivity index (χ1) is 8.12. The van der Waals surface area contributed by atoms with Crippen molar-refractivity contribution in [3.8, 4) is 0 Å². The topological polar surface area (TPSA) is 37.3 Å². The lowest BCUT2D eigenvalue weighted by atomic mass is 9.70. The fourth-order valence-corrected chi connectivity index (χ4v) is 2.69. The van der Waals surface area contributed by atoms with Crippen molar-refractivity contribution >= 4 is 5.97 Å². The Hall–Kier alpha value is -1.38. The van der Waals surface area contributed by atoms with E-state index in [9.17, 15) is 14.3 Å². The van der Waals surface area contributed by atoms with Gasteiger partial charge in [-0.1, -0.05) is 31.4 Å². The van der Waals surface area contributed by atoms with E-state index in [1.165, 1.54) is 12.1 Å². The van der Waals surface area contributed by atoms with Crippen LogP contribution in [0.4, 0.5) is 4.39 Å². The maximum atomic E-state index is 12.8. The lowest BCUT2D eigenvalue weighted by Gasteiger charge is -2.33. The van der Waals surface area contributed by atoms with Crippen LogP contribution in [0.15, 0.2) is 24.3 Å². The van der Waals surface area contributed by atoms with Crippen LogP contribution < -0.4 is 0 Å². The predicted molar refractivity (Wildman–Crippen MR) is 63.3 cm³/mol. The molecule has 0 unspecified atom stereocenters. The van der Waals surface area contributed by atoms with Crippen LogP contribution in [0.1, 0.15) is 37.7 Å². The Morgan fingerprint density at radius 3 is 2.29 bits per heavy atom. The highest BCUT2D eigenvalue weighted by Crippen LogP contribution is 2.39. The Kier molecular flexibility index (Phi) is 3.46. The quantitative estimate of drug-likeness (QED) is 0.873. The number of carbonyl (C=O) groups is 1. The Balaban J connectivity index is 2.17. The van der Waals surface area contributed by atoms with Gasteiger partial charge < -0.3 is 5.11 Å². The zero-order chi connectivity index (χ0) is 12.3. The summed E-state index contributed by atoms with van der Waals surface area (Å²) < 4.78 is 12.8. The molecule has 1 fully saturated rings. The van der Waals surface area contributed by atoms with Gasteiger partial charge in [-0.15, -0.1) is 0 Å². The molecule has 1 saturated carbocycles. The summed E-state index contributed by atoms with van der Waals surface area (Å²) in [6, 6.07) is 6.17. The Bertz CT molecular complexity index is 391. The summed E-state index contributed by atoms with van der Waals surface area (Å²) in [7, 11) is 0. The van der Waals surface area contributed by atoms with Crippen molar-refractivity contribution in [3.63, 3.8) is 0 Å². The minimum atomic E-state index is -0.707. The molecule has 0 atom stereocenters. The van der Waals surface area contributed by atoms with Gasteiger partial charge in [0.1, 0.15) is 5.82 Å². The van der Waals surface area contributed by atoms with E-state index in [-0.39, 0.29) is 5.82 Å². The molecule has 0 saturated heterocycles. The van der Waals surface area contributed by atoms with Crippen LogP contribution in [-0.2, 0) is 11.2 Å². The fraction of sp³-hybridized carbons (Fsp3) is 0.500. The zero-order valence-corrected chi connectivity index (χ0v) is 9.79.